The molecule has 0 aromatic rings. The summed E-state index contributed by atoms with van der Waals surface area (Å²) < 4.78 is 16.8. The minimum Gasteiger partial charge on any atom is -0.462 e. The molecule has 6 heteroatoms. The summed E-state index contributed by atoms with van der Waals surface area (Å²) in [6, 6.07) is 0. The fourth-order valence-electron chi connectivity index (χ4n) is 8.67. The van der Waals surface area contributed by atoms with Crippen LogP contribution in [0.1, 0.15) is 290 Å². The van der Waals surface area contributed by atoms with Gasteiger partial charge in [0.25, 0.3) is 0 Å². The molecule has 0 rings (SSSR count). The molecule has 0 N–H and O–H groups in total. The van der Waals surface area contributed by atoms with E-state index in [0.717, 1.165) is 135 Å². The van der Waals surface area contributed by atoms with E-state index >= 15 is 0 Å². The third kappa shape index (κ3) is 62.5. The van der Waals surface area contributed by atoms with Crippen molar-refractivity contribution in [2.24, 2.45) is 0 Å². The molecule has 0 aromatic carbocycles. The first-order valence-corrected chi connectivity index (χ1v) is 32.0. The van der Waals surface area contributed by atoms with Gasteiger partial charge < -0.3 is 14.2 Å². The van der Waals surface area contributed by atoms with E-state index in [2.05, 4.69) is 142 Å². The van der Waals surface area contributed by atoms with Gasteiger partial charge in [-0.15, -0.1) is 0 Å². The zero-order valence-electron chi connectivity index (χ0n) is 50.2. The number of rotatable bonds is 57. The minimum atomic E-state index is -0.785. The van der Waals surface area contributed by atoms with E-state index in [4.69, 9.17) is 14.2 Å². The fourth-order valence-corrected chi connectivity index (χ4v) is 8.67. The van der Waals surface area contributed by atoms with E-state index < -0.39 is 6.10 Å². The standard InChI is InChI=1S/C71H118O6/c1-4-7-10-13-16-19-22-24-26-27-28-29-30-31-32-33-34-35-36-37-38-39-40-41-42-43-44-45-46-48-49-52-55-58-61-64-70(73)76-67-68(66-75-69(72)63-60-57-54-51-21-18-15-12-9-6-3)77-71(74)65-62-59-56-53-50-47-25-23-20-17-14-11-8-5-2/h7,10,12,15-16,19,24,26,28-29,31-32,34-35,37-38,40-41,43-44,68H,4-6,8-9,11,13-14,17-18,20-23,25,27,30,33,36,39,42,45-67H2,1-3H3/b10-7-,15-12-,19-16-,26-24-,29-28-,32-31-,35-34-,38-37-,41-40-,44-43-. The second-order valence-corrected chi connectivity index (χ2v) is 20.9. The van der Waals surface area contributed by atoms with Crippen molar-refractivity contribution in [3.63, 3.8) is 0 Å². The molecule has 0 aliphatic heterocycles. The first-order chi connectivity index (χ1) is 38.0. The maximum absolute atomic E-state index is 12.8. The largest absolute Gasteiger partial charge is 0.462 e. The number of carbonyl (C=O) groups is 3. The highest BCUT2D eigenvalue weighted by Crippen LogP contribution is 2.16. The summed E-state index contributed by atoms with van der Waals surface area (Å²) in [6.45, 7) is 6.46. The van der Waals surface area contributed by atoms with E-state index in [1.54, 1.807) is 0 Å². The lowest BCUT2D eigenvalue weighted by atomic mass is 10.0. The van der Waals surface area contributed by atoms with Crippen molar-refractivity contribution in [1.29, 1.82) is 0 Å². The van der Waals surface area contributed by atoms with Gasteiger partial charge >= 0.3 is 17.9 Å². The second-order valence-electron chi connectivity index (χ2n) is 20.9. The van der Waals surface area contributed by atoms with Crippen LogP contribution in [0.15, 0.2) is 122 Å². The third-order valence-electron chi connectivity index (χ3n) is 13.4. The SMILES string of the molecule is CC/C=C\C/C=C\C/C=C\C/C=C\C/C=C\C/C=C\C/C=C\C/C=C\C/C=C\CCCCCCCCCC(=O)OCC(COC(=O)CCCCCCC/C=C\CCC)OC(=O)CCCCCCCCCCCCCCCC. The number of esters is 3. The summed E-state index contributed by atoms with van der Waals surface area (Å²) in [4.78, 5) is 38.1. The zero-order valence-corrected chi connectivity index (χ0v) is 50.2. The highest BCUT2D eigenvalue weighted by atomic mass is 16.6. The number of unbranched alkanes of at least 4 members (excludes halogenated alkanes) is 26. The van der Waals surface area contributed by atoms with Crippen LogP contribution in [-0.2, 0) is 28.6 Å². The molecule has 0 amide bonds. The van der Waals surface area contributed by atoms with Crippen molar-refractivity contribution < 1.29 is 28.6 Å². The molecule has 0 fully saturated rings. The van der Waals surface area contributed by atoms with E-state index in [1.165, 1.54) is 116 Å². The van der Waals surface area contributed by atoms with Crippen molar-refractivity contribution in [3.05, 3.63) is 122 Å². The number of hydrogen-bond acceptors (Lipinski definition) is 6. The van der Waals surface area contributed by atoms with E-state index in [1.807, 2.05) is 0 Å². The van der Waals surface area contributed by atoms with E-state index in [9.17, 15) is 14.4 Å². The van der Waals surface area contributed by atoms with Crippen LogP contribution >= 0.6 is 0 Å². The first-order valence-electron chi connectivity index (χ1n) is 32.0. The quantitative estimate of drug-likeness (QED) is 0.0261. The van der Waals surface area contributed by atoms with Gasteiger partial charge in [-0.3, -0.25) is 14.4 Å². The van der Waals surface area contributed by atoms with E-state index in [0.29, 0.717) is 19.3 Å². The highest BCUT2D eigenvalue weighted by Gasteiger charge is 2.19. The fraction of sp³-hybridized carbons (Fsp3) is 0.676. The Hall–Kier alpha value is -4.19. The molecule has 1 atom stereocenters. The number of allylic oxidation sites excluding steroid dienone is 20. The van der Waals surface area contributed by atoms with Gasteiger partial charge in [-0.05, 0) is 109 Å². The Morgan fingerprint density at radius 3 is 0.857 bits per heavy atom. The molecule has 0 bridgehead atoms. The molecule has 0 aromatic heterocycles. The summed E-state index contributed by atoms with van der Waals surface area (Å²) >= 11 is 0. The van der Waals surface area contributed by atoms with Gasteiger partial charge in [0.1, 0.15) is 13.2 Å². The van der Waals surface area contributed by atoms with Crippen LogP contribution in [0.5, 0.6) is 0 Å². The molecule has 438 valence electrons. The van der Waals surface area contributed by atoms with Crippen LogP contribution in [0.4, 0.5) is 0 Å². The molecular weight excluding hydrogens is 949 g/mol. The molecule has 0 saturated heterocycles. The molecule has 0 spiro atoms. The molecule has 77 heavy (non-hydrogen) atoms. The lowest BCUT2D eigenvalue weighted by Gasteiger charge is -2.18. The first kappa shape index (κ1) is 72.8. The third-order valence-corrected chi connectivity index (χ3v) is 13.4. The average Bonchev–Trinajstić information content (AvgIpc) is 3.43. The summed E-state index contributed by atoms with van der Waals surface area (Å²) in [6.07, 6.45) is 89.3. The molecule has 0 heterocycles. The molecule has 0 aliphatic carbocycles. The van der Waals surface area contributed by atoms with Gasteiger partial charge in [0, 0.05) is 19.3 Å². The summed E-state index contributed by atoms with van der Waals surface area (Å²) in [7, 11) is 0. The van der Waals surface area contributed by atoms with Crippen molar-refractivity contribution in [2.45, 2.75) is 297 Å². The van der Waals surface area contributed by atoms with Gasteiger partial charge in [-0.2, -0.15) is 0 Å². The van der Waals surface area contributed by atoms with Gasteiger partial charge in [0.05, 0.1) is 0 Å². The number of hydrogen-bond donors (Lipinski definition) is 0. The van der Waals surface area contributed by atoms with Crippen LogP contribution in [0.25, 0.3) is 0 Å². The molecule has 6 nitrogen and oxygen atoms in total. The minimum absolute atomic E-state index is 0.0847. The maximum atomic E-state index is 12.8. The molecule has 1 unspecified atom stereocenters. The number of ether oxygens (including phenoxy) is 3. The lowest BCUT2D eigenvalue weighted by molar-refractivity contribution is -0.167. The summed E-state index contributed by atoms with van der Waals surface area (Å²) in [5.74, 6) is -0.901. The Balaban J connectivity index is 4.19. The Bertz CT molecular complexity index is 1600. The normalized spacial score (nSPS) is 12.9. The predicted octanol–water partition coefficient (Wildman–Crippen LogP) is 22.0. The smallest absolute Gasteiger partial charge is 0.306 e. The van der Waals surface area contributed by atoms with Crippen molar-refractivity contribution in [2.75, 3.05) is 13.2 Å². The van der Waals surface area contributed by atoms with Gasteiger partial charge in [-0.25, -0.2) is 0 Å². The van der Waals surface area contributed by atoms with Crippen molar-refractivity contribution >= 4 is 17.9 Å². The van der Waals surface area contributed by atoms with Crippen LogP contribution in [0.2, 0.25) is 0 Å². The summed E-state index contributed by atoms with van der Waals surface area (Å²) in [5.41, 5.74) is 0. The monoisotopic (exact) mass is 1070 g/mol. The van der Waals surface area contributed by atoms with Crippen LogP contribution in [-0.4, -0.2) is 37.2 Å². The van der Waals surface area contributed by atoms with Crippen LogP contribution < -0.4 is 0 Å². The van der Waals surface area contributed by atoms with Gasteiger partial charge in [0.2, 0.25) is 0 Å². The number of carbonyl (C=O) groups excluding carboxylic acids is 3. The maximum Gasteiger partial charge on any atom is 0.306 e. The van der Waals surface area contributed by atoms with Crippen molar-refractivity contribution in [3.8, 4) is 0 Å². The lowest BCUT2D eigenvalue weighted by Crippen LogP contribution is -2.30. The van der Waals surface area contributed by atoms with Gasteiger partial charge in [0.15, 0.2) is 6.10 Å². The van der Waals surface area contributed by atoms with E-state index in [-0.39, 0.29) is 31.1 Å². The second kappa shape index (κ2) is 64.3. The van der Waals surface area contributed by atoms with Crippen LogP contribution in [0, 0.1) is 0 Å². The van der Waals surface area contributed by atoms with Crippen molar-refractivity contribution in [1.82, 2.24) is 0 Å². The topological polar surface area (TPSA) is 78.9 Å². The summed E-state index contributed by atoms with van der Waals surface area (Å²) in [5, 5.41) is 0. The predicted molar refractivity (Wildman–Crippen MR) is 334 cm³/mol. The average molecular weight is 1070 g/mol. The Kier molecular flexibility index (Phi) is 60.8. The zero-order chi connectivity index (χ0) is 55.7. The highest BCUT2D eigenvalue weighted by molar-refractivity contribution is 5.71. The van der Waals surface area contributed by atoms with Gasteiger partial charge in [-0.1, -0.05) is 284 Å². The molecule has 0 radical (unpaired) electrons. The Labute approximate surface area is 475 Å². The molecule has 0 aliphatic rings. The molecule has 0 saturated carbocycles. The van der Waals surface area contributed by atoms with Crippen LogP contribution in [0.3, 0.4) is 0 Å². The molecular formula is C71H118O6. The Morgan fingerprint density at radius 2 is 0.532 bits per heavy atom. The Morgan fingerprint density at radius 1 is 0.273 bits per heavy atom.